The molecule has 1 aromatic heterocycles. The van der Waals surface area contributed by atoms with Crippen molar-refractivity contribution >= 4 is 18.0 Å². The molecule has 3 N–H and O–H groups in total. The number of aromatic carboxylic acids is 1. The van der Waals surface area contributed by atoms with Crippen LogP contribution in [0.5, 0.6) is 0 Å². The third kappa shape index (κ3) is 2.25. The highest BCUT2D eigenvalue weighted by Crippen LogP contribution is 2.19. The van der Waals surface area contributed by atoms with E-state index >= 15 is 0 Å². The van der Waals surface area contributed by atoms with Crippen LogP contribution in [0.15, 0.2) is 6.08 Å². The number of carbonyl (C=O) groups is 2. The van der Waals surface area contributed by atoms with Gasteiger partial charge in [0.25, 0.3) is 0 Å². The maximum atomic E-state index is 10.8. The number of aryl methyl sites for hydroxylation is 1. The molecule has 0 amide bonds. The standard InChI is InChI=1S/C10H11NO4/c1-5-7(3-4-8(12)13)6(2)11-9(5)10(14)15/h3-4,11H,1-2H3,(H,12,13)(H,14,15)/b4-3+. The van der Waals surface area contributed by atoms with E-state index in [1.165, 1.54) is 6.08 Å². The molecular weight excluding hydrogens is 198 g/mol. The largest absolute Gasteiger partial charge is 0.478 e. The predicted molar refractivity (Wildman–Crippen MR) is 53.9 cm³/mol. The Morgan fingerprint density at radius 3 is 2.27 bits per heavy atom. The number of nitrogens with one attached hydrogen (secondary N) is 1. The van der Waals surface area contributed by atoms with Gasteiger partial charge in [-0.1, -0.05) is 0 Å². The molecule has 1 aromatic rings. The van der Waals surface area contributed by atoms with Crippen molar-refractivity contribution in [2.24, 2.45) is 0 Å². The van der Waals surface area contributed by atoms with Gasteiger partial charge in [-0.05, 0) is 31.1 Å². The van der Waals surface area contributed by atoms with Crippen molar-refractivity contribution in [3.63, 3.8) is 0 Å². The molecule has 0 unspecified atom stereocenters. The summed E-state index contributed by atoms with van der Waals surface area (Å²) in [4.78, 5) is 23.8. The number of hydrogen-bond acceptors (Lipinski definition) is 2. The molecule has 15 heavy (non-hydrogen) atoms. The lowest BCUT2D eigenvalue weighted by Crippen LogP contribution is -1.98. The molecule has 5 nitrogen and oxygen atoms in total. The van der Waals surface area contributed by atoms with Gasteiger partial charge in [0.05, 0.1) is 0 Å². The van der Waals surface area contributed by atoms with E-state index in [1.807, 2.05) is 0 Å². The average Bonchev–Trinajstić information content (AvgIpc) is 2.39. The first kappa shape index (κ1) is 11.0. The molecule has 0 saturated heterocycles. The molecule has 0 fully saturated rings. The number of hydrogen-bond donors (Lipinski definition) is 3. The lowest BCUT2D eigenvalue weighted by molar-refractivity contribution is -0.131. The van der Waals surface area contributed by atoms with Crippen LogP contribution in [0.3, 0.4) is 0 Å². The van der Waals surface area contributed by atoms with Crippen molar-refractivity contribution < 1.29 is 19.8 Å². The highest BCUT2D eigenvalue weighted by molar-refractivity contribution is 5.91. The Balaban J connectivity index is 3.19. The molecule has 0 aliphatic rings. The molecule has 1 rings (SSSR count). The summed E-state index contributed by atoms with van der Waals surface area (Å²) in [6, 6.07) is 0. The van der Waals surface area contributed by atoms with Crippen LogP contribution < -0.4 is 0 Å². The Hall–Kier alpha value is -2.04. The molecule has 0 saturated carbocycles. The summed E-state index contributed by atoms with van der Waals surface area (Å²) in [6.45, 7) is 3.33. The van der Waals surface area contributed by atoms with Gasteiger partial charge >= 0.3 is 11.9 Å². The van der Waals surface area contributed by atoms with Gasteiger partial charge in [-0.3, -0.25) is 0 Å². The highest BCUT2D eigenvalue weighted by Gasteiger charge is 2.14. The van der Waals surface area contributed by atoms with Crippen LogP contribution in [0, 0.1) is 13.8 Å². The topological polar surface area (TPSA) is 90.4 Å². The molecule has 5 heteroatoms. The van der Waals surface area contributed by atoms with Crippen LogP contribution in [-0.4, -0.2) is 27.1 Å². The van der Waals surface area contributed by atoms with E-state index in [9.17, 15) is 9.59 Å². The zero-order valence-corrected chi connectivity index (χ0v) is 8.37. The van der Waals surface area contributed by atoms with E-state index in [-0.39, 0.29) is 5.69 Å². The first-order valence-corrected chi connectivity index (χ1v) is 4.27. The fourth-order valence-corrected chi connectivity index (χ4v) is 1.38. The van der Waals surface area contributed by atoms with Crippen LogP contribution in [0.1, 0.15) is 27.3 Å². The summed E-state index contributed by atoms with van der Waals surface area (Å²) in [5.74, 6) is -2.11. The van der Waals surface area contributed by atoms with Gasteiger partial charge in [-0.25, -0.2) is 9.59 Å². The Morgan fingerprint density at radius 2 is 1.87 bits per heavy atom. The normalized spacial score (nSPS) is 10.8. The summed E-state index contributed by atoms with van der Waals surface area (Å²) < 4.78 is 0. The fraction of sp³-hybridized carbons (Fsp3) is 0.200. The first-order chi connectivity index (χ1) is 6.93. The summed E-state index contributed by atoms with van der Waals surface area (Å²) in [5.41, 5.74) is 1.88. The Morgan fingerprint density at radius 1 is 1.27 bits per heavy atom. The smallest absolute Gasteiger partial charge is 0.352 e. The maximum absolute atomic E-state index is 10.8. The van der Waals surface area contributed by atoms with Gasteiger partial charge in [-0.15, -0.1) is 0 Å². The molecule has 0 bridgehead atoms. The van der Waals surface area contributed by atoms with Crippen molar-refractivity contribution in [1.82, 2.24) is 4.98 Å². The van der Waals surface area contributed by atoms with E-state index in [4.69, 9.17) is 10.2 Å². The number of aromatic amines is 1. The van der Waals surface area contributed by atoms with Crippen LogP contribution in [0.2, 0.25) is 0 Å². The zero-order chi connectivity index (χ0) is 11.6. The van der Waals surface area contributed by atoms with E-state index in [2.05, 4.69) is 4.98 Å². The van der Waals surface area contributed by atoms with Crippen LogP contribution >= 0.6 is 0 Å². The van der Waals surface area contributed by atoms with Crippen LogP contribution in [0.25, 0.3) is 6.08 Å². The molecule has 0 aromatic carbocycles. The second-order valence-corrected chi connectivity index (χ2v) is 3.14. The summed E-state index contributed by atoms with van der Waals surface area (Å²) in [7, 11) is 0. The second kappa shape index (κ2) is 4.00. The van der Waals surface area contributed by atoms with E-state index < -0.39 is 11.9 Å². The van der Waals surface area contributed by atoms with Crippen molar-refractivity contribution in [3.05, 3.63) is 28.6 Å². The Labute approximate surface area is 86.1 Å². The van der Waals surface area contributed by atoms with Gasteiger partial charge in [0.15, 0.2) is 0 Å². The Bertz CT molecular complexity index is 443. The van der Waals surface area contributed by atoms with E-state index in [0.717, 1.165) is 6.08 Å². The van der Waals surface area contributed by atoms with Crippen LogP contribution in [0.4, 0.5) is 0 Å². The van der Waals surface area contributed by atoms with Gasteiger partial charge < -0.3 is 15.2 Å². The summed E-state index contributed by atoms with van der Waals surface area (Å²) >= 11 is 0. The van der Waals surface area contributed by atoms with E-state index in [0.29, 0.717) is 16.8 Å². The fourth-order valence-electron chi connectivity index (χ4n) is 1.38. The van der Waals surface area contributed by atoms with Crippen molar-refractivity contribution in [1.29, 1.82) is 0 Å². The number of aliphatic carboxylic acids is 1. The van der Waals surface area contributed by atoms with Gasteiger partial charge in [0.1, 0.15) is 5.69 Å². The molecule has 0 spiro atoms. The van der Waals surface area contributed by atoms with Crippen molar-refractivity contribution in [2.45, 2.75) is 13.8 Å². The minimum Gasteiger partial charge on any atom is -0.478 e. The maximum Gasteiger partial charge on any atom is 0.352 e. The number of carboxylic acid groups (broad SMARTS) is 2. The van der Waals surface area contributed by atoms with Gasteiger partial charge in [-0.2, -0.15) is 0 Å². The molecule has 80 valence electrons. The van der Waals surface area contributed by atoms with Gasteiger partial charge in [0, 0.05) is 11.8 Å². The molecule has 0 atom stereocenters. The zero-order valence-electron chi connectivity index (χ0n) is 8.37. The molecular formula is C10H11NO4. The summed E-state index contributed by atoms with van der Waals surface area (Å²) in [5, 5.41) is 17.3. The minimum atomic E-state index is -1.06. The van der Waals surface area contributed by atoms with Crippen LogP contribution in [-0.2, 0) is 4.79 Å². The lowest BCUT2D eigenvalue weighted by atomic mass is 10.1. The number of aromatic nitrogens is 1. The summed E-state index contributed by atoms with van der Waals surface area (Å²) in [6.07, 6.45) is 2.37. The molecule has 0 aliphatic heterocycles. The number of carboxylic acids is 2. The van der Waals surface area contributed by atoms with Crippen molar-refractivity contribution in [2.75, 3.05) is 0 Å². The average molecular weight is 209 g/mol. The monoisotopic (exact) mass is 209 g/mol. The molecule has 0 radical (unpaired) electrons. The number of H-pyrrole nitrogens is 1. The Kier molecular flexibility index (Phi) is 2.94. The second-order valence-electron chi connectivity index (χ2n) is 3.14. The quantitative estimate of drug-likeness (QED) is 0.657. The first-order valence-electron chi connectivity index (χ1n) is 4.27. The minimum absolute atomic E-state index is 0.0949. The molecule has 1 heterocycles. The number of rotatable bonds is 3. The van der Waals surface area contributed by atoms with Crippen molar-refractivity contribution in [3.8, 4) is 0 Å². The highest BCUT2D eigenvalue weighted by atomic mass is 16.4. The van der Waals surface area contributed by atoms with E-state index in [1.54, 1.807) is 13.8 Å². The predicted octanol–water partition coefficient (Wildman–Crippen LogP) is 1.43. The van der Waals surface area contributed by atoms with Gasteiger partial charge in [0.2, 0.25) is 0 Å². The third-order valence-corrected chi connectivity index (χ3v) is 2.10. The SMILES string of the molecule is Cc1[nH]c(C(=O)O)c(C)c1/C=C/C(=O)O. The third-order valence-electron chi connectivity index (χ3n) is 2.10. The molecule has 0 aliphatic carbocycles. The lowest BCUT2D eigenvalue weighted by Gasteiger charge is -1.93.